The number of hydrogen-bond donors (Lipinski definition) is 1. The molecule has 0 aliphatic carbocycles. The molecule has 0 saturated carbocycles. The van der Waals surface area contributed by atoms with Crippen molar-refractivity contribution in [2.75, 3.05) is 26.3 Å². The number of para-hydroxylation sites is 1. The van der Waals surface area contributed by atoms with Crippen molar-refractivity contribution in [1.29, 1.82) is 0 Å². The summed E-state index contributed by atoms with van der Waals surface area (Å²) in [6.45, 7) is 9.36. The van der Waals surface area contributed by atoms with Crippen LogP contribution in [0.3, 0.4) is 0 Å². The number of ether oxygens (including phenoxy) is 2. The average molecular weight is 452 g/mol. The lowest BCUT2D eigenvalue weighted by atomic mass is 10.1. The molecule has 0 aliphatic rings. The second-order valence-electron chi connectivity index (χ2n) is 8.86. The summed E-state index contributed by atoms with van der Waals surface area (Å²) in [5, 5.41) is 15.4. The zero-order chi connectivity index (χ0) is 23.6. The highest BCUT2D eigenvalue weighted by Gasteiger charge is 2.23. The highest BCUT2D eigenvalue weighted by atomic mass is 16.5. The van der Waals surface area contributed by atoms with Crippen molar-refractivity contribution in [2.24, 2.45) is 13.0 Å². The van der Waals surface area contributed by atoms with E-state index in [4.69, 9.17) is 14.6 Å². The second-order valence-corrected chi connectivity index (χ2v) is 8.86. The molecule has 2 aromatic carbocycles. The summed E-state index contributed by atoms with van der Waals surface area (Å²) in [6, 6.07) is 19.9. The van der Waals surface area contributed by atoms with Crippen molar-refractivity contribution < 1.29 is 14.6 Å². The molecular weight excluding hydrogens is 414 g/mol. The summed E-state index contributed by atoms with van der Waals surface area (Å²) in [7, 11) is 1.91. The Morgan fingerprint density at radius 3 is 2.30 bits per heavy atom. The Morgan fingerprint density at radius 1 is 1.00 bits per heavy atom. The van der Waals surface area contributed by atoms with Gasteiger partial charge in [0.1, 0.15) is 11.4 Å². The molecule has 0 aliphatic heterocycles. The Bertz CT molecular complexity index is 958. The Kier molecular flexibility index (Phi) is 9.48. The summed E-state index contributed by atoms with van der Waals surface area (Å²) in [5.41, 5.74) is 2.95. The molecule has 0 radical (unpaired) electrons. The lowest BCUT2D eigenvalue weighted by Crippen LogP contribution is -2.35. The predicted octanol–water partition coefficient (Wildman–Crippen LogP) is 5.12. The van der Waals surface area contributed by atoms with Crippen molar-refractivity contribution in [3.05, 3.63) is 66.2 Å². The summed E-state index contributed by atoms with van der Waals surface area (Å²) in [4.78, 5) is 2.25. The quantitative estimate of drug-likeness (QED) is 0.391. The fraction of sp³-hybridized carbons (Fsp3) is 0.444. The Hall–Kier alpha value is -2.67. The van der Waals surface area contributed by atoms with E-state index in [1.807, 2.05) is 55.6 Å². The van der Waals surface area contributed by atoms with Gasteiger partial charge < -0.3 is 14.6 Å². The number of aliphatic hydroxyl groups excluding tert-OH is 1. The van der Waals surface area contributed by atoms with Gasteiger partial charge >= 0.3 is 0 Å². The van der Waals surface area contributed by atoms with Gasteiger partial charge in [0.15, 0.2) is 0 Å². The van der Waals surface area contributed by atoms with Gasteiger partial charge in [-0.1, -0.05) is 69.3 Å². The van der Waals surface area contributed by atoms with Crippen molar-refractivity contribution in [1.82, 2.24) is 14.7 Å². The largest absolute Gasteiger partial charge is 0.439 e. The summed E-state index contributed by atoms with van der Waals surface area (Å²) in [6.07, 6.45) is 0.431. The number of benzene rings is 2. The highest BCUT2D eigenvalue weighted by molar-refractivity contribution is 5.65. The van der Waals surface area contributed by atoms with E-state index < -0.39 is 6.10 Å². The van der Waals surface area contributed by atoms with Gasteiger partial charge in [0.25, 0.3) is 0 Å². The fourth-order valence-corrected chi connectivity index (χ4v) is 3.82. The van der Waals surface area contributed by atoms with Crippen molar-refractivity contribution in [3.8, 4) is 22.9 Å². The van der Waals surface area contributed by atoms with Crippen LogP contribution in [-0.2, 0) is 18.3 Å². The molecule has 0 saturated heterocycles. The van der Waals surface area contributed by atoms with Gasteiger partial charge in [0.05, 0.1) is 18.3 Å². The molecule has 6 heteroatoms. The van der Waals surface area contributed by atoms with Gasteiger partial charge in [-0.05, 0) is 31.0 Å². The predicted molar refractivity (Wildman–Crippen MR) is 132 cm³/mol. The van der Waals surface area contributed by atoms with Gasteiger partial charge in [-0.2, -0.15) is 5.10 Å². The van der Waals surface area contributed by atoms with E-state index >= 15 is 0 Å². The summed E-state index contributed by atoms with van der Waals surface area (Å²) < 4.78 is 13.8. The number of aliphatic hydroxyl groups is 1. The van der Waals surface area contributed by atoms with Gasteiger partial charge in [-0.25, -0.2) is 4.68 Å². The van der Waals surface area contributed by atoms with Crippen LogP contribution in [0.4, 0.5) is 0 Å². The molecule has 3 rings (SSSR count). The smallest absolute Gasteiger partial charge is 0.222 e. The standard InChI is InChI=1S/C27H37N3O3/c1-5-16-30(17-23(31)20-32-19-21(2)3)18-25-26(22-12-8-6-9-13-22)28-29(4)27(25)33-24-14-10-7-11-15-24/h6-15,21,23,31H,5,16-20H2,1-4H3. The first-order valence-corrected chi connectivity index (χ1v) is 11.8. The van der Waals surface area contributed by atoms with Crippen LogP contribution in [0.1, 0.15) is 32.8 Å². The minimum Gasteiger partial charge on any atom is -0.439 e. The van der Waals surface area contributed by atoms with Crippen LogP contribution in [0.15, 0.2) is 60.7 Å². The fourth-order valence-electron chi connectivity index (χ4n) is 3.82. The maximum absolute atomic E-state index is 10.6. The third kappa shape index (κ3) is 7.42. The maximum Gasteiger partial charge on any atom is 0.222 e. The van der Waals surface area contributed by atoms with Crippen molar-refractivity contribution >= 4 is 0 Å². The first-order chi connectivity index (χ1) is 16.0. The third-order valence-electron chi connectivity index (χ3n) is 5.24. The Balaban J connectivity index is 1.87. The van der Waals surface area contributed by atoms with Crippen LogP contribution >= 0.6 is 0 Å². The van der Waals surface area contributed by atoms with Crippen LogP contribution in [0.5, 0.6) is 11.6 Å². The van der Waals surface area contributed by atoms with Gasteiger partial charge in [0.2, 0.25) is 5.88 Å². The van der Waals surface area contributed by atoms with Crippen molar-refractivity contribution in [3.63, 3.8) is 0 Å². The van der Waals surface area contributed by atoms with E-state index in [1.54, 1.807) is 4.68 Å². The third-order valence-corrected chi connectivity index (χ3v) is 5.24. The molecule has 0 bridgehead atoms. The SMILES string of the molecule is CCCN(Cc1c(-c2ccccc2)nn(C)c1Oc1ccccc1)CC(O)COCC(C)C. The molecule has 33 heavy (non-hydrogen) atoms. The Labute approximate surface area is 197 Å². The van der Waals surface area contributed by atoms with Crippen LogP contribution in [0, 0.1) is 5.92 Å². The normalized spacial score (nSPS) is 12.5. The van der Waals surface area contributed by atoms with Crippen LogP contribution < -0.4 is 4.74 Å². The maximum atomic E-state index is 10.6. The molecule has 178 valence electrons. The van der Waals surface area contributed by atoms with E-state index in [-0.39, 0.29) is 0 Å². The minimum atomic E-state index is -0.550. The molecule has 1 unspecified atom stereocenters. The Morgan fingerprint density at radius 2 is 1.67 bits per heavy atom. The molecule has 3 aromatic rings. The lowest BCUT2D eigenvalue weighted by molar-refractivity contribution is 0.00685. The zero-order valence-electron chi connectivity index (χ0n) is 20.3. The summed E-state index contributed by atoms with van der Waals surface area (Å²) in [5.74, 6) is 1.93. The van der Waals surface area contributed by atoms with Gasteiger partial charge in [0, 0.05) is 32.3 Å². The zero-order valence-corrected chi connectivity index (χ0v) is 20.3. The molecule has 1 atom stereocenters. The van der Waals surface area contributed by atoms with Gasteiger partial charge in [-0.3, -0.25) is 4.90 Å². The molecule has 1 heterocycles. The van der Waals surface area contributed by atoms with E-state index in [9.17, 15) is 5.11 Å². The van der Waals surface area contributed by atoms with Crippen LogP contribution in [0.25, 0.3) is 11.3 Å². The highest BCUT2D eigenvalue weighted by Crippen LogP contribution is 2.34. The van der Waals surface area contributed by atoms with E-state index in [1.165, 1.54) is 0 Å². The lowest BCUT2D eigenvalue weighted by Gasteiger charge is -2.25. The number of hydrogen-bond acceptors (Lipinski definition) is 5. The topological polar surface area (TPSA) is 59.8 Å². The first-order valence-electron chi connectivity index (χ1n) is 11.8. The number of aromatic nitrogens is 2. The number of aryl methyl sites for hydroxylation is 1. The van der Waals surface area contributed by atoms with E-state index in [0.29, 0.717) is 38.1 Å². The molecule has 0 amide bonds. The molecule has 1 aromatic heterocycles. The number of nitrogens with zero attached hydrogens (tertiary/aromatic N) is 3. The van der Waals surface area contributed by atoms with Gasteiger partial charge in [-0.15, -0.1) is 0 Å². The molecule has 0 fully saturated rings. The van der Waals surface area contributed by atoms with E-state index in [0.717, 1.165) is 35.5 Å². The van der Waals surface area contributed by atoms with Crippen LogP contribution in [-0.4, -0.2) is 52.2 Å². The molecule has 6 nitrogen and oxygen atoms in total. The first kappa shape index (κ1) is 25.0. The molecule has 0 spiro atoms. The summed E-state index contributed by atoms with van der Waals surface area (Å²) >= 11 is 0. The van der Waals surface area contributed by atoms with Crippen molar-refractivity contribution in [2.45, 2.75) is 39.8 Å². The van der Waals surface area contributed by atoms with E-state index in [2.05, 4.69) is 37.8 Å². The molecule has 1 N–H and O–H groups in total. The second kappa shape index (κ2) is 12.5. The minimum absolute atomic E-state index is 0.338. The molecular formula is C27H37N3O3. The number of rotatable bonds is 13. The van der Waals surface area contributed by atoms with Crippen LogP contribution in [0.2, 0.25) is 0 Å². The average Bonchev–Trinajstić information content (AvgIpc) is 3.10. The monoisotopic (exact) mass is 451 g/mol.